The molecule has 0 unspecified atom stereocenters. The van der Waals surface area contributed by atoms with E-state index < -0.39 is 5.82 Å². The number of carbonyl (C=O) groups excluding carboxylic acids is 2. The Morgan fingerprint density at radius 3 is 2.66 bits per heavy atom. The standard InChI is InChI=1S/C33H34FN3O3S/c1-21-9-7-12-25(34)29(21)36-31(38)28-19-22-16-18-37(27-14-6-5-11-24(27)30(22)41-28)32(39)26-13-8-10-23(35-26)15-17-33(2,3)20-40-4/h5-14,19H,15-18,20H2,1-4H3,(H,36,38). The van der Waals surface area contributed by atoms with Crippen LogP contribution in [0.15, 0.2) is 66.7 Å². The van der Waals surface area contributed by atoms with Gasteiger partial charge in [0.15, 0.2) is 0 Å². The Balaban J connectivity index is 1.40. The average Bonchev–Trinajstić information content (AvgIpc) is 3.32. The van der Waals surface area contributed by atoms with Gasteiger partial charge in [0, 0.05) is 29.8 Å². The van der Waals surface area contributed by atoms with Crippen molar-refractivity contribution >= 4 is 34.5 Å². The number of nitrogens with zero attached hydrogens (tertiary/aromatic N) is 2. The number of para-hydroxylation sites is 2. The minimum atomic E-state index is -0.465. The summed E-state index contributed by atoms with van der Waals surface area (Å²) < 4.78 is 19.7. The molecule has 2 amide bonds. The number of methoxy groups -OCH3 is 1. The molecule has 8 heteroatoms. The summed E-state index contributed by atoms with van der Waals surface area (Å²) in [6.07, 6.45) is 2.22. The summed E-state index contributed by atoms with van der Waals surface area (Å²) in [5.74, 6) is -0.970. The highest BCUT2D eigenvalue weighted by atomic mass is 32.1. The van der Waals surface area contributed by atoms with E-state index in [2.05, 4.69) is 19.2 Å². The lowest BCUT2D eigenvalue weighted by molar-refractivity contribution is 0.0975. The quantitative estimate of drug-likeness (QED) is 0.241. The van der Waals surface area contributed by atoms with Gasteiger partial charge >= 0.3 is 0 Å². The maximum absolute atomic E-state index is 14.4. The van der Waals surface area contributed by atoms with Gasteiger partial charge in [0.2, 0.25) is 0 Å². The molecular formula is C33H34FN3O3S. The molecule has 0 bridgehead atoms. The smallest absolute Gasteiger partial charge is 0.276 e. The van der Waals surface area contributed by atoms with Crippen LogP contribution in [0.5, 0.6) is 0 Å². The van der Waals surface area contributed by atoms with Crippen molar-refractivity contribution in [3.63, 3.8) is 0 Å². The molecule has 0 saturated heterocycles. The number of pyridine rings is 1. The normalized spacial score (nSPS) is 12.9. The van der Waals surface area contributed by atoms with Gasteiger partial charge < -0.3 is 15.0 Å². The van der Waals surface area contributed by atoms with Gasteiger partial charge in [-0.25, -0.2) is 9.37 Å². The number of carbonyl (C=O) groups is 2. The Kier molecular flexibility index (Phi) is 8.33. The van der Waals surface area contributed by atoms with Gasteiger partial charge in [-0.2, -0.15) is 0 Å². The molecule has 2 aromatic heterocycles. The van der Waals surface area contributed by atoms with Crippen molar-refractivity contribution in [2.45, 2.75) is 40.0 Å². The third kappa shape index (κ3) is 6.24. The van der Waals surface area contributed by atoms with E-state index in [1.807, 2.05) is 42.5 Å². The minimum absolute atomic E-state index is 0.0153. The molecule has 4 aromatic rings. The van der Waals surface area contributed by atoms with Crippen LogP contribution in [-0.2, 0) is 17.6 Å². The predicted molar refractivity (Wildman–Crippen MR) is 162 cm³/mol. The van der Waals surface area contributed by atoms with E-state index >= 15 is 0 Å². The predicted octanol–water partition coefficient (Wildman–Crippen LogP) is 7.32. The van der Waals surface area contributed by atoms with E-state index in [4.69, 9.17) is 9.72 Å². The lowest BCUT2D eigenvalue weighted by Gasteiger charge is -2.24. The SMILES string of the molecule is COCC(C)(C)CCc1cccc(C(=O)N2CCc3cc(C(=O)Nc4c(C)cccc4F)sc3-c3ccccc32)n1. The number of benzene rings is 2. The van der Waals surface area contributed by atoms with Crippen molar-refractivity contribution in [3.05, 3.63) is 99.9 Å². The summed E-state index contributed by atoms with van der Waals surface area (Å²) in [7, 11) is 1.71. The summed E-state index contributed by atoms with van der Waals surface area (Å²) in [6.45, 7) is 7.19. The summed E-state index contributed by atoms with van der Waals surface area (Å²) in [5.41, 5.74) is 4.80. The summed E-state index contributed by atoms with van der Waals surface area (Å²) >= 11 is 1.36. The van der Waals surface area contributed by atoms with Crippen LogP contribution in [-0.4, -0.2) is 37.1 Å². The molecule has 6 nitrogen and oxygen atoms in total. The van der Waals surface area contributed by atoms with Gasteiger partial charge in [0.05, 0.1) is 22.9 Å². The highest BCUT2D eigenvalue weighted by Gasteiger charge is 2.28. The zero-order valence-electron chi connectivity index (χ0n) is 23.8. The van der Waals surface area contributed by atoms with Crippen molar-refractivity contribution in [1.29, 1.82) is 0 Å². The van der Waals surface area contributed by atoms with Gasteiger partial charge in [0.25, 0.3) is 11.8 Å². The number of thiophene rings is 1. The number of hydrogen-bond acceptors (Lipinski definition) is 5. The van der Waals surface area contributed by atoms with Crippen LogP contribution in [0, 0.1) is 18.2 Å². The van der Waals surface area contributed by atoms with E-state index in [-0.39, 0.29) is 22.9 Å². The molecule has 0 spiro atoms. The lowest BCUT2D eigenvalue weighted by Crippen LogP contribution is -2.33. The Hall–Kier alpha value is -3.88. The van der Waals surface area contributed by atoms with Crippen molar-refractivity contribution in [2.24, 2.45) is 5.41 Å². The topological polar surface area (TPSA) is 71.5 Å². The maximum Gasteiger partial charge on any atom is 0.276 e. The molecule has 5 rings (SSSR count). The van der Waals surface area contributed by atoms with Crippen LogP contribution in [0.4, 0.5) is 15.8 Å². The fourth-order valence-corrected chi connectivity index (χ4v) is 6.33. The monoisotopic (exact) mass is 571 g/mol. The molecule has 0 radical (unpaired) electrons. The van der Waals surface area contributed by atoms with E-state index in [0.29, 0.717) is 35.7 Å². The number of anilines is 2. The van der Waals surface area contributed by atoms with Crippen LogP contribution < -0.4 is 10.2 Å². The van der Waals surface area contributed by atoms with Gasteiger partial charge in [-0.05, 0) is 73.1 Å². The summed E-state index contributed by atoms with van der Waals surface area (Å²) in [6, 6.07) is 19.9. The van der Waals surface area contributed by atoms with Crippen LogP contribution >= 0.6 is 11.3 Å². The van der Waals surface area contributed by atoms with Crippen LogP contribution in [0.2, 0.25) is 0 Å². The van der Waals surface area contributed by atoms with E-state index in [9.17, 15) is 14.0 Å². The van der Waals surface area contributed by atoms with Crippen molar-refractivity contribution < 1.29 is 18.7 Å². The first kappa shape index (κ1) is 28.6. The third-order valence-corrected chi connectivity index (χ3v) is 8.61. The van der Waals surface area contributed by atoms with Gasteiger partial charge in [0.1, 0.15) is 11.5 Å². The molecule has 0 atom stereocenters. The third-order valence-electron chi connectivity index (χ3n) is 7.40. The fraction of sp³-hybridized carbons (Fsp3) is 0.303. The fourth-order valence-electron chi connectivity index (χ4n) is 5.19. The zero-order chi connectivity index (χ0) is 29.1. The Morgan fingerprint density at radius 1 is 1.10 bits per heavy atom. The zero-order valence-corrected chi connectivity index (χ0v) is 24.6. The number of ether oxygens (including phenoxy) is 1. The maximum atomic E-state index is 14.4. The van der Waals surface area contributed by atoms with E-state index in [1.165, 1.54) is 17.4 Å². The van der Waals surface area contributed by atoms with E-state index in [1.54, 1.807) is 37.1 Å². The largest absolute Gasteiger partial charge is 0.384 e. The van der Waals surface area contributed by atoms with Gasteiger partial charge in [-0.1, -0.05) is 50.2 Å². The number of fused-ring (bicyclic) bond motifs is 3. The number of halogens is 1. The van der Waals surface area contributed by atoms with Crippen molar-refractivity contribution in [2.75, 3.05) is 30.5 Å². The van der Waals surface area contributed by atoms with Crippen LogP contribution in [0.1, 0.15) is 57.2 Å². The number of rotatable bonds is 8. The number of nitrogens with one attached hydrogen (secondary N) is 1. The van der Waals surface area contributed by atoms with E-state index in [0.717, 1.165) is 40.2 Å². The van der Waals surface area contributed by atoms with Crippen molar-refractivity contribution in [1.82, 2.24) is 4.98 Å². The molecular weight excluding hydrogens is 537 g/mol. The molecule has 0 fully saturated rings. The molecule has 212 valence electrons. The minimum Gasteiger partial charge on any atom is -0.384 e. The Labute approximate surface area is 244 Å². The molecule has 41 heavy (non-hydrogen) atoms. The number of hydrogen-bond donors (Lipinski definition) is 1. The first-order valence-electron chi connectivity index (χ1n) is 13.7. The number of amides is 2. The second-order valence-corrected chi connectivity index (χ2v) is 12.2. The molecule has 2 aromatic carbocycles. The molecule has 3 heterocycles. The molecule has 1 aliphatic heterocycles. The second-order valence-electron chi connectivity index (χ2n) is 11.2. The van der Waals surface area contributed by atoms with Crippen LogP contribution in [0.25, 0.3) is 10.4 Å². The van der Waals surface area contributed by atoms with Crippen LogP contribution in [0.3, 0.4) is 0 Å². The summed E-state index contributed by atoms with van der Waals surface area (Å²) in [4.78, 5) is 34.9. The lowest BCUT2D eigenvalue weighted by atomic mass is 9.88. The van der Waals surface area contributed by atoms with Gasteiger partial charge in [-0.15, -0.1) is 11.3 Å². The molecule has 1 aliphatic rings. The molecule has 0 aliphatic carbocycles. The second kappa shape index (κ2) is 11.9. The Bertz CT molecular complexity index is 1580. The number of aryl methyl sites for hydroxylation is 2. The Morgan fingerprint density at radius 2 is 1.88 bits per heavy atom. The average molecular weight is 572 g/mol. The van der Waals surface area contributed by atoms with Gasteiger partial charge in [-0.3, -0.25) is 9.59 Å². The highest BCUT2D eigenvalue weighted by molar-refractivity contribution is 7.17. The first-order chi connectivity index (χ1) is 19.7. The molecule has 1 N–H and O–H groups in total. The number of aromatic nitrogens is 1. The van der Waals surface area contributed by atoms with Crippen molar-refractivity contribution in [3.8, 4) is 10.4 Å². The first-order valence-corrected chi connectivity index (χ1v) is 14.5. The highest BCUT2D eigenvalue weighted by Crippen LogP contribution is 2.42. The summed E-state index contributed by atoms with van der Waals surface area (Å²) in [5, 5.41) is 2.74. The molecule has 0 saturated carbocycles.